The molecule has 0 radical (unpaired) electrons. The van der Waals surface area contributed by atoms with Crippen LogP contribution in [0.25, 0.3) is 11.1 Å². The highest BCUT2D eigenvalue weighted by molar-refractivity contribution is 7.62. The van der Waals surface area contributed by atoms with E-state index in [0.29, 0.717) is 16.8 Å². The monoisotopic (exact) mass is 514 g/mol. The van der Waals surface area contributed by atoms with Crippen LogP contribution in [-0.2, 0) is 13.6 Å². The Balaban J connectivity index is 1.82. The van der Waals surface area contributed by atoms with E-state index >= 15 is 0 Å². The highest BCUT2D eigenvalue weighted by atomic mass is 31.2. The fourth-order valence-electron chi connectivity index (χ4n) is 5.28. The summed E-state index contributed by atoms with van der Waals surface area (Å²) in [5, 5.41) is 0.606. The van der Waals surface area contributed by atoms with Crippen LogP contribution in [0.3, 0.4) is 0 Å². The summed E-state index contributed by atoms with van der Waals surface area (Å²) in [5.74, 6) is 1.41. The third kappa shape index (κ3) is 6.94. The van der Waals surface area contributed by atoms with Crippen molar-refractivity contribution in [3.05, 3.63) is 42.5 Å². The summed E-state index contributed by atoms with van der Waals surface area (Å²) in [4.78, 5) is 0. The second-order valence-corrected chi connectivity index (χ2v) is 12.6. The Morgan fingerprint density at radius 2 is 1.14 bits per heavy atom. The second kappa shape index (κ2) is 12.6. The highest BCUT2D eigenvalue weighted by Crippen LogP contribution is 2.55. The topological polar surface area (TPSA) is 54.0 Å². The smallest absolute Gasteiger partial charge is 0.362 e. The molecule has 0 aromatic heterocycles. The maximum absolute atomic E-state index is 14.9. The lowest BCUT2D eigenvalue weighted by atomic mass is 9.98. The van der Waals surface area contributed by atoms with Crippen LogP contribution in [0.15, 0.2) is 42.5 Å². The summed E-state index contributed by atoms with van der Waals surface area (Å²) < 4.78 is 40.4. The molecule has 0 unspecified atom stereocenters. The molecule has 6 heteroatoms. The molecular weight excluding hydrogens is 471 g/mol. The van der Waals surface area contributed by atoms with E-state index < -0.39 is 7.60 Å². The molecule has 0 atom stereocenters. The first-order valence-corrected chi connectivity index (χ1v) is 15.4. The summed E-state index contributed by atoms with van der Waals surface area (Å²) in [6, 6.07) is 13.6. The van der Waals surface area contributed by atoms with Crippen LogP contribution < -0.4 is 14.8 Å². The number of rotatable bonds is 10. The van der Waals surface area contributed by atoms with E-state index in [1.54, 1.807) is 0 Å². The van der Waals surface area contributed by atoms with Crippen molar-refractivity contribution in [1.29, 1.82) is 0 Å². The fourth-order valence-corrected chi connectivity index (χ4v) is 7.51. The SMILES string of the molecule is CC(C)Oc1cccc(OC(C)C)c1-c1ccccc1P(=O)(OC1CCCCC1)OC1CCCCC1. The van der Waals surface area contributed by atoms with Crippen molar-refractivity contribution < 1.29 is 23.1 Å². The van der Waals surface area contributed by atoms with Crippen LogP contribution in [0.2, 0.25) is 0 Å². The maximum atomic E-state index is 14.9. The van der Waals surface area contributed by atoms with Gasteiger partial charge in [-0.1, -0.05) is 62.8 Å². The molecule has 36 heavy (non-hydrogen) atoms. The van der Waals surface area contributed by atoms with Gasteiger partial charge < -0.3 is 18.5 Å². The van der Waals surface area contributed by atoms with Gasteiger partial charge in [0.05, 0.1) is 35.3 Å². The van der Waals surface area contributed by atoms with Crippen LogP contribution >= 0.6 is 7.60 Å². The van der Waals surface area contributed by atoms with Gasteiger partial charge in [-0.2, -0.15) is 0 Å². The minimum atomic E-state index is -3.63. The largest absolute Gasteiger partial charge is 0.490 e. The molecule has 2 aliphatic rings. The fraction of sp³-hybridized carbons (Fsp3) is 0.600. The minimum Gasteiger partial charge on any atom is -0.490 e. The van der Waals surface area contributed by atoms with Gasteiger partial charge in [0.2, 0.25) is 0 Å². The molecule has 0 spiro atoms. The number of benzene rings is 2. The Labute approximate surface area is 217 Å². The van der Waals surface area contributed by atoms with Crippen LogP contribution in [-0.4, -0.2) is 24.4 Å². The molecule has 0 aliphatic heterocycles. The lowest BCUT2D eigenvalue weighted by molar-refractivity contribution is 0.0846. The average molecular weight is 515 g/mol. The quantitative estimate of drug-likeness (QED) is 0.298. The predicted octanol–water partition coefficient (Wildman–Crippen LogP) is 8.45. The zero-order valence-corrected chi connectivity index (χ0v) is 23.3. The number of ether oxygens (including phenoxy) is 2. The molecule has 0 amide bonds. The predicted molar refractivity (Wildman–Crippen MR) is 147 cm³/mol. The first kappa shape index (κ1) is 27.2. The first-order chi connectivity index (χ1) is 17.4. The van der Waals surface area contributed by atoms with Crippen molar-refractivity contribution in [2.75, 3.05) is 0 Å². The highest BCUT2D eigenvalue weighted by Gasteiger charge is 2.38. The maximum Gasteiger partial charge on any atom is 0.362 e. The van der Waals surface area contributed by atoms with Gasteiger partial charge in [-0.25, -0.2) is 0 Å². The summed E-state index contributed by atoms with van der Waals surface area (Å²) in [6.45, 7) is 8.04. The van der Waals surface area contributed by atoms with Gasteiger partial charge in [-0.05, 0) is 71.6 Å². The van der Waals surface area contributed by atoms with E-state index in [1.807, 2.05) is 70.2 Å². The van der Waals surface area contributed by atoms with Crippen molar-refractivity contribution >= 4 is 12.9 Å². The molecule has 0 bridgehead atoms. The zero-order chi connectivity index (χ0) is 25.5. The molecule has 4 rings (SSSR count). The van der Waals surface area contributed by atoms with Crippen LogP contribution in [0.1, 0.15) is 91.9 Å². The zero-order valence-electron chi connectivity index (χ0n) is 22.4. The van der Waals surface area contributed by atoms with Crippen molar-refractivity contribution in [1.82, 2.24) is 0 Å². The third-order valence-corrected chi connectivity index (χ3v) is 8.99. The lowest BCUT2D eigenvalue weighted by Crippen LogP contribution is -2.25. The third-order valence-electron chi connectivity index (χ3n) is 6.86. The first-order valence-electron chi connectivity index (χ1n) is 13.9. The standard InChI is InChI=1S/C30H43O5P/c1-22(2)32-27-19-13-20-28(33-23(3)4)30(27)26-18-11-12-21-29(26)36(31,34-24-14-7-5-8-15-24)35-25-16-9-6-10-17-25/h11-13,18-25H,5-10,14-17H2,1-4H3. The molecule has 2 aliphatic carbocycles. The second-order valence-electron chi connectivity index (χ2n) is 10.7. The van der Waals surface area contributed by atoms with Gasteiger partial charge >= 0.3 is 7.60 Å². The molecular formula is C30H43O5P. The van der Waals surface area contributed by atoms with E-state index in [2.05, 4.69) is 0 Å². The normalized spacial score (nSPS) is 18.1. The molecule has 0 heterocycles. The van der Waals surface area contributed by atoms with Gasteiger partial charge in [0.1, 0.15) is 11.5 Å². The van der Waals surface area contributed by atoms with Gasteiger partial charge in [0, 0.05) is 5.56 Å². The Bertz CT molecular complexity index is 969. The lowest BCUT2D eigenvalue weighted by Gasteiger charge is -2.32. The molecule has 2 saturated carbocycles. The Hall–Kier alpha value is -1.81. The molecule has 5 nitrogen and oxygen atoms in total. The molecule has 2 aromatic carbocycles. The van der Waals surface area contributed by atoms with Gasteiger partial charge in [-0.3, -0.25) is 4.57 Å². The van der Waals surface area contributed by atoms with E-state index in [4.69, 9.17) is 18.5 Å². The average Bonchev–Trinajstić information content (AvgIpc) is 2.85. The van der Waals surface area contributed by atoms with E-state index in [1.165, 1.54) is 12.8 Å². The molecule has 198 valence electrons. The number of hydrogen-bond donors (Lipinski definition) is 0. The summed E-state index contributed by atoms with van der Waals surface area (Å²) in [6.07, 6.45) is 10.4. The van der Waals surface area contributed by atoms with Gasteiger partial charge in [0.15, 0.2) is 0 Å². The van der Waals surface area contributed by atoms with Crippen LogP contribution in [0, 0.1) is 0 Å². The Kier molecular flexibility index (Phi) is 9.55. The summed E-state index contributed by atoms with van der Waals surface area (Å²) in [7, 11) is -3.63. The van der Waals surface area contributed by atoms with Crippen molar-refractivity contribution in [2.24, 2.45) is 0 Å². The van der Waals surface area contributed by atoms with Crippen LogP contribution in [0.5, 0.6) is 11.5 Å². The molecule has 2 fully saturated rings. The van der Waals surface area contributed by atoms with E-state index in [-0.39, 0.29) is 24.4 Å². The molecule has 0 saturated heterocycles. The number of hydrogen-bond acceptors (Lipinski definition) is 5. The van der Waals surface area contributed by atoms with Crippen molar-refractivity contribution in [3.63, 3.8) is 0 Å². The van der Waals surface area contributed by atoms with Gasteiger partial charge in [0.25, 0.3) is 0 Å². The van der Waals surface area contributed by atoms with Crippen LogP contribution in [0.4, 0.5) is 0 Å². The minimum absolute atomic E-state index is 0.0194. The summed E-state index contributed by atoms with van der Waals surface area (Å²) >= 11 is 0. The Morgan fingerprint density at radius 1 is 0.667 bits per heavy atom. The summed E-state index contributed by atoms with van der Waals surface area (Å²) in [5.41, 5.74) is 1.59. The van der Waals surface area contributed by atoms with Gasteiger partial charge in [-0.15, -0.1) is 0 Å². The molecule has 0 N–H and O–H groups in total. The Morgan fingerprint density at radius 3 is 1.61 bits per heavy atom. The van der Waals surface area contributed by atoms with Crippen molar-refractivity contribution in [3.8, 4) is 22.6 Å². The van der Waals surface area contributed by atoms with E-state index in [0.717, 1.165) is 62.5 Å². The van der Waals surface area contributed by atoms with E-state index in [9.17, 15) is 4.57 Å². The van der Waals surface area contributed by atoms with Crippen molar-refractivity contribution in [2.45, 2.75) is 116 Å². The molecule has 2 aromatic rings.